The van der Waals surface area contributed by atoms with Gasteiger partial charge >= 0.3 is 19.2 Å². The lowest BCUT2D eigenvalue weighted by Gasteiger charge is -2.19. The molecule has 0 fully saturated rings. The normalized spacial score (nSPS) is 11.5. The van der Waals surface area contributed by atoms with Crippen LogP contribution >= 0.6 is 0 Å². The standard InChI is InChI=1S/C5H12O3Si.H2O4S/c1-5-9(6-2,7-3)8-4;1-5(2,3)4/h5H,1H2,2-4H3;(H2,1,2,3,4). The highest BCUT2D eigenvalue weighted by molar-refractivity contribution is 7.79. The minimum atomic E-state index is -4.67. The van der Waals surface area contributed by atoms with E-state index in [1.807, 2.05) is 0 Å². The highest BCUT2D eigenvalue weighted by Gasteiger charge is 2.33. The summed E-state index contributed by atoms with van der Waals surface area (Å²) in [5.41, 5.74) is 1.58. The van der Waals surface area contributed by atoms with E-state index in [0.29, 0.717) is 0 Å². The molecule has 9 heteroatoms. The van der Waals surface area contributed by atoms with E-state index in [2.05, 4.69) is 6.58 Å². The van der Waals surface area contributed by atoms with Gasteiger partial charge in [-0.15, -0.1) is 0 Å². The monoisotopic (exact) mass is 246 g/mol. The van der Waals surface area contributed by atoms with Gasteiger partial charge in [-0.2, -0.15) is 8.42 Å². The molecule has 0 spiro atoms. The lowest BCUT2D eigenvalue weighted by molar-refractivity contribution is 0.138. The molecule has 0 radical (unpaired) electrons. The van der Waals surface area contributed by atoms with E-state index in [0.717, 1.165) is 0 Å². The van der Waals surface area contributed by atoms with Crippen LogP contribution in [0.2, 0.25) is 0 Å². The predicted molar refractivity (Wildman–Crippen MR) is 51.2 cm³/mol. The van der Waals surface area contributed by atoms with Gasteiger partial charge < -0.3 is 13.3 Å². The van der Waals surface area contributed by atoms with Gasteiger partial charge in [-0.3, -0.25) is 9.11 Å². The molecule has 0 heterocycles. The van der Waals surface area contributed by atoms with Crippen molar-refractivity contribution >= 4 is 19.2 Å². The zero-order valence-corrected chi connectivity index (χ0v) is 9.94. The van der Waals surface area contributed by atoms with Crippen molar-refractivity contribution in [3.63, 3.8) is 0 Å². The molecule has 0 saturated carbocycles. The minimum Gasteiger partial charge on any atom is -0.374 e. The molecule has 0 bridgehead atoms. The molecule has 0 atom stereocenters. The first-order valence-electron chi connectivity index (χ1n) is 3.23. The molecular formula is C5H14O7SSi. The molecule has 0 aliphatic heterocycles. The lowest BCUT2D eigenvalue weighted by Crippen LogP contribution is -2.40. The average molecular weight is 246 g/mol. The first kappa shape index (κ1) is 16.1. The predicted octanol–water partition coefficient (Wildman–Crippen LogP) is -0.0631. The molecular weight excluding hydrogens is 232 g/mol. The van der Waals surface area contributed by atoms with Crippen molar-refractivity contribution < 1.29 is 30.8 Å². The van der Waals surface area contributed by atoms with Crippen LogP contribution < -0.4 is 0 Å². The number of hydrogen-bond donors (Lipinski definition) is 2. The van der Waals surface area contributed by atoms with Crippen molar-refractivity contribution in [2.45, 2.75) is 0 Å². The molecule has 0 amide bonds. The fourth-order valence-electron chi connectivity index (χ4n) is 0.500. The summed E-state index contributed by atoms with van der Waals surface area (Å²) in [6, 6.07) is 0. The molecule has 0 unspecified atom stereocenters. The van der Waals surface area contributed by atoms with Crippen molar-refractivity contribution in [2.24, 2.45) is 0 Å². The zero-order valence-electron chi connectivity index (χ0n) is 8.13. The van der Waals surface area contributed by atoms with E-state index in [1.54, 1.807) is 27.0 Å². The summed E-state index contributed by atoms with van der Waals surface area (Å²) < 4.78 is 46.5. The average Bonchev–Trinajstić information content (AvgIpc) is 2.07. The van der Waals surface area contributed by atoms with E-state index in [-0.39, 0.29) is 0 Å². The molecule has 86 valence electrons. The van der Waals surface area contributed by atoms with Gasteiger partial charge in [0.05, 0.1) is 0 Å². The van der Waals surface area contributed by atoms with E-state index in [4.69, 9.17) is 30.8 Å². The molecule has 0 aromatic rings. The fourth-order valence-corrected chi connectivity index (χ4v) is 1.50. The minimum absolute atomic E-state index is 1.54. The van der Waals surface area contributed by atoms with Gasteiger partial charge in [-0.25, -0.2) is 0 Å². The maximum Gasteiger partial charge on any atom is 0.528 e. The van der Waals surface area contributed by atoms with Gasteiger partial charge in [0, 0.05) is 21.3 Å². The van der Waals surface area contributed by atoms with Gasteiger partial charge in [0.1, 0.15) is 0 Å². The van der Waals surface area contributed by atoms with E-state index >= 15 is 0 Å². The summed E-state index contributed by atoms with van der Waals surface area (Å²) in [6.45, 7) is 3.53. The molecule has 0 aliphatic carbocycles. The lowest BCUT2D eigenvalue weighted by atomic mass is 11.3. The second kappa shape index (κ2) is 7.06. The summed E-state index contributed by atoms with van der Waals surface area (Å²) >= 11 is 0. The molecule has 0 aliphatic rings. The largest absolute Gasteiger partial charge is 0.528 e. The summed E-state index contributed by atoms with van der Waals surface area (Å²) in [5.74, 6) is 0. The first-order chi connectivity index (χ1) is 6.24. The van der Waals surface area contributed by atoms with Crippen LogP contribution in [0.3, 0.4) is 0 Å². The van der Waals surface area contributed by atoms with E-state index in [9.17, 15) is 0 Å². The molecule has 0 saturated heterocycles. The van der Waals surface area contributed by atoms with Gasteiger partial charge in [0.2, 0.25) is 0 Å². The Morgan fingerprint density at radius 3 is 1.36 bits per heavy atom. The van der Waals surface area contributed by atoms with Crippen LogP contribution in [0, 0.1) is 0 Å². The van der Waals surface area contributed by atoms with Crippen LogP contribution in [0.1, 0.15) is 0 Å². The van der Waals surface area contributed by atoms with Gasteiger partial charge in [-0.1, -0.05) is 6.58 Å². The molecule has 0 aromatic heterocycles. The van der Waals surface area contributed by atoms with Crippen molar-refractivity contribution in [2.75, 3.05) is 21.3 Å². The van der Waals surface area contributed by atoms with E-state index in [1.165, 1.54) is 0 Å². The Labute approximate surface area is 84.2 Å². The number of hydrogen-bond acceptors (Lipinski definition) is 5. The van der Waals surface area contributed by atoms with Crippen LogP contribution in [0.4, 0.5) is 0 Å². The topological polar surface area (TPSA) is 102 Å². The quantitative estimate of drug-likeness (QED) is 0.529. The van der Waals surface area contributed by atoms with Crippen molar-refractivity contribution in [3.8, 4) is 0 Å². The van der Waals surface area contributed by atoms with Crippen molar-refractivity contribution in [1.82, 2.24) is 0 Å². The summed E-state index contributed by atoms with van der Waals surface area (Å²) in [4.78, 5) is 0. The summed E-state index contributed by atoms with van der Waals surface area (Å²) in [7, 11) is -2.47. The molecule has 2 N–H and O–H groups in total. The third-order valence-electron chi connectivity index (χ3n) is 1.10. The Hall–Kier alpha value is -0.293. The van der Waals surface area contributed by atoms with Crippen LogP contribution in [-0.2, 0) is 23.7 Å². The Morgan fingerprint density at radius 2 is 1.36 bits per heavy atom. The fraction of sp³-hybridized carbons (Fsp3) is 0.600. The second-order valence-electron chi connectivity index (χ2n) is 1.87. The molecule has 0 rings (SSSR count). The smallest absolute Gasteiger partial charge is 0.374 e. The highest BCUT2D eigenvalue weighted by Crippen LogP contribution is 2.04. The van der Waals surface area contributed by atoms with Gasteiger partial charge in [0.15, 0.2) is 0 Å². The molecule has 0 aromatic carbocycles. The highest BCUT2D eigenvalue weighted by atomic mass is 32.3. The maximum atomic E-state index is 8.74. The Morgan fingerprint density at radius 1 is 1.14 bits per heavy atom. The maximum absolute atomic E-state index is 8.74. The van der Waals surface area contributed by atoms with E-state index < -0.39 is 19.2 Å². The van der Waals surface area contributed by atoms with Crippen molar-refractivity contribution in [3.05, 3.63) is 12.3 Å². The third-order valence-corrected chi connectivity index (χ3v) is 3.31. The Kier molecular flexibility index (Phi) is 8.14. The first-order valence-corrected chi connectivity index (χ1v) is 6.43. The Balaban J connectivity index is 0. The van der Waals surface area contributed by atoms with Gasteiger partial charge in [-0.05, 0) is 5.70 Å². The third kappa shape index (κ3) is 9.79. The second-order valence-corrected chi connectivity index (χ2v) is 5.60. The Bertz CT molecular complexity index is 229. The summed E-state index contributed by atoms with van der Waals surface area (Å²) in [6.07, 6.45) is 0. The van der Waals surface area contributed by atoms with Crippen LogP contribution in [0.5, 0.6) is 0 Å². The zero-order chi connectivity index (χ0) is 11.8. The van der Waals surface area contributed by atoms with Crippen LogP contribution in [0.15, 0.2) is 12.3 Å². The van der Waals surface area contributed by atoms with Crippen LogP contribution in [-0.4, -0.2) is 47.7 Å². The van der Waals surface area contributed by atoms with Gasteiger partial charge in [0.25, 0.3) is 0 Å². The number of rotatable bonds is 4. The molecule has 7 nitrogen and oxygen atoms in total. The SMILES string of the molecule is C=C[Si](OC)(OC)OC.O=S(=O)(O)O. The van der Waals surface area contributed by atoms with Crippen molar-refractivity contribution in [1.29, 1.82) is 0 Å². The van der Waals surface area contributed by atoms with Crippen LogP contribution in [0.25, 0.3) is 0 Å². The molecule has 14 heavy (non-hydrogen) atoms. The summed E-state index contributed by atoms with van der Waals surface area (Å²) in [5, 5.41) is 0.